The Balaban J connectivity index is 3.24. The third-order valence-corrected chi connectivity index (χ3v) is 5.08. The molecule has 0 aromatic carbocycles. The molecule has 0 aliphatic carbocycles. The van der Waals surface area contributed by atoms with Gasteiger partial charge in [0.05, 0.1) is 10.8 Å². The second kappa shape index (κ2) is 4.15. The number of aromatic nitrogens is 2. The summed E-state index contributed by atoms with van der Waals surface area (Å²) in [5, 5.41) is 0. The van der Waals surface area contributed by atoms with Crippen LogP contribution in [-0.4, -0.2) is 29.0 Å². The van der Waals surface area contributed by atoms with Crippen LogP contribution in [0, 0.1) is 0 Å². The first-order valence-corrected chi connectivity index (χ1v) is 6.74. The van der Waals surface area contributed by atoms with E-state index in [1.54, 1.807) is 37.9 Å². The van der Waals surface area contributed by atoms with Crippen molar-refractivity contribution in [3.63, 3.8) is 0 Å². The van der Waals surface area contributed by atoms with Crippen LogP contribution in [0.2, 0.25) is 0 Å². The molecule has 16 heavy (non-hydrogen) atoms. The van der Waals surface area contributed by atoms with Crippen molar-refractivity contribution >= 4 is 9.84 Å². The summed E-state index contributed by atoms with van der Waals surface area (Å²) in [7, 11) is -1.46. The second-order valence-corrected chi connectivity index (χ2v) is 6.97. The Labute approximate surface area is 95.7 Å². The van der Waals surface area contributed by atoms with Crippen molar-refractivity contribution < 1.29 is 8.42 Å². The molecule has 1 heterocycles. The average molecular weight is 246 g/mol. The third kappa shape index (κ3) is 2.11. The summed E-state index contributed by atoms with van der Waals surface area (Å²) < 4.78 is 24.2. The van der Waals surface area contributed by atoms with Gasteiger partial charge in [0.2, 0.25) is 0 Å². The largest absolute Gasteiger partial charge is 0.337 e. The van der Waals surface area contributed by atoms with Gasteiger partial charge in [-0.05, 0) is 13.8 Å². The summed E-state index contributed by atoms with van der Waals surface area (Å²) in [4.78, 5) is 4.12. The Morgan fingerprint density at radius 3 is 2.44 bits per heavy atom. The van der Waals surface area contributed by atoms with Gasteiger partial charge in [-0.25, -0.2) is 18.8 Å². The minimum atomic E-state index is -3.25. The number of hydrogen-bond acceptors (Lipinski definition) is 5. The average Bonchev–Trinajstić information content (AvgIpc) is 2.51. The number of aryl methyl sites for hydroxylation is 1. The molecule has 0 bridgehead atoms. The summed E-state index contributed by atoms with van der Waals surface area (Å²) in [5.41, 5.74) is 2.53. The second-order valence-electron chi connectivity index (χ2n) is 4.37. The molecule has 0 spiro atoms. The monoisotopic (exact) mass is 246 g/mol. The Morgan fingerprint density at radius 2 is 2.12 bits per heavy atom. The van der Waals surface area contributed by atoms with E-state index in [2.05, 4.69) is 10.4 Å². The number of hydrogen-bond donors (Lipinski definition) is 2. The van der Waals surface area contributed by atoms with Crippen molar-refractivity contribution in [2.45, 2.75) is 24.6 Å². The zero-order valence-corrected chi connectivity index (χ0v) is 10.7. The van der Waals surface area contributed by atoms with Gasteiger partial charge in [0.1, 0.15) is 5.82 Å². The predicted octanol–water partition coefficient (Wildman–Crippen LogP) is -0.252. The summed E-state index contributed by atoms with van der Waals surface area (Å²) in [5.74, 6) is 6.04. The summed E-state index contributed by atoms with van der Waals surface area (Å²) in [6, 6.07) is -0.553. The van der Waals surface area contributed by atoms with E-state index >= 15 is 0 Å². The lowest BCUT2D eigenvalue weighted by molar-refractivity contribution is 0.403. The first-order chi connectivity index (χ1) is 7.21. The van der Waals surface area contributed by atoms with Crippen molar-refractivity contribution in [2.75, 3.05) is 6.26 Å². The van der Waals surface area contributed by atoms with E-state index in [1.807, 2.05) is 0 Å². The maximum absolute atomic E-state index is 11.7. The standard InChI is InChI=1S/C9H18N4O2S/c1-9(2,16(4,14)15)7(12-10)8-11-5-6-13(8)3/h5-7,12H,10H2,1-4H3. The van der Waals surface area contributed by atoms with Gasteiger partial charge in [-0.2, -0.15) is 0 Å². The maximum atomic E-state index is 11.7. The quantitative estimate of drug-likeness (QED) is 0.564. The van der Waals surface area contributed by atoms with Gasteiger partial charge >= 0.3 is 0 Å². The molecule has 1 unspecified atom stereocenters. The SMILES string of the molecule is Cn1ccnc1C(NN)C(C)(C)S(C)(=O)=O. The Kier molecular flexibility index (Phi) is 3.41. The molecule has 1 aromatic heterocycles. The van der Waals surface area contributed by atoms with E-state index < -0.39 is 20.6 Å². The van der Waals surface area contributed by atoms with Crippen LogP contribution in [0.25, 0.3) is 0 Å². The molecule has 0 saturated heterocycles. The lowest BCUT2D eigenvalue weighted by Crippen LogP contribution is -2.48. The van der Waals surface area contributed by atoms with Crippen LogP contribution in [0.15, 0.2) is 12.4 Å². The molecule has 1 atom stereocenters. The summed E-state index contributed by atoms with van der Waals surface area (Å²) in [6.07, 6.45) is 4.55. The minimum Gasteiger partial charge on any atom is -0.337 e. The molecular formula is C9H18N4O2S. The van der Waals surface area contributed by atoms with Crippen LogP contribution in [-0.2, 0) is 16.9 Å². The highest BCUT2D eigenvalue weighted by atomic mass is 32.2. The van der Waals surface area contributed by atoms with Gasteiger partial charge < -0.3 is 4.57 Å². The Morgan fingerprint density at radius 1 is 1.56 bits per heavy atom. The third-order valence-electron chi connectivity index (χ3n) is 2.93. The number of imidazole rings is 1. The smallest absolute Gasteiger partial charge is 0.154 e. The van der Waals surface area contributed by atoms with Crippen molar-refractivity contribution in [3.05, 3.63) is 18.2 Å². The zero-order valence-electron chi connectivity index (χ0n) is 9.93. The van der Waals surface area contributed by atoms with Gasteiger partial charge in [-0.15, -0.1) is 0 Å². The van der Waals surface area contributed by atoms with Gasteiger partial charge in [0, 0.05) is 25.7 Å². The van der Waals surface area contributed by atoms with Crippen LogP contribution < -0.4 is 11.3 Å². The molecule has 0 amide bonds. The van der Waals surface area contributed by atoms with E-state index in [9.17, 15) is 8.42 Å². The molecule has 92 valence electrons. The molecule has 0 fully saturated rings. The number of rotatable bonds is 4. The van der Waals surface area contributed by atoms with Crippen molar-refractivity contribution in [1.82, 2.24) is 15.0 Å². The van der Waals surface area contributed by atoms with Crippen LogP contribution in [0.1, 0.15) is 25.7 Å². The molecule has 0 radical (unpaired) electrons. The number of hydrazine groups is 1. The van der Waals surface area contributed by atoms with Crippen LogP contribution >= 0.6 is 0 Å². The van der Waals surface area contributed by atoms with Crippen LogP contribution in [0.3, 0.4) is 0 Å². The minimum absolute atomic E-state index is 0.553. The summed E-state index contributed by atoms with van der Waals surface area (Å²) >= 11 is 0. The van der Waals surface area contributed by atoms with E-state index in [-0.39, 0.29) is 0 Å². The normalized spacial score (nSPS) is 15.1. The lowest BCUT2D eigenvalue weighted by atomic mass is 10.0. The van der Waals surface area contributed by atoms with E-state index in [4.69, 9.17) is 5.84 Å². The lowest BCUT2D eigenvalue weighted by Gasteiger charge is -2.31. The fourth-order valence-electron chi connectivity index (χ4n) is 1.46. The topological polar surface area (TPSA) is 90.0 Å². The summed E-state index contributed by atoms with van der Waals surface area (Å²) in [6.45, 7) is 3.25. The van der Waals surface area contributed by atoms with Gasteiger partial charge in [0.25, 0.3) is 0 Å². The molecule has 6 nitrogen and oxygen atoms in total. The van der Waals surface area contributed by atoms with E-state index in [1.165, 1.54) is 6.26 Å². The first-order valence-electron chi connectivity index (χ1n) is 4.84. The Bertz CT molecular complexity index is 464. The van der Waals surface area contributed by atoms with Gasteiger partial charge in [-0.3, -0.25) is 5.84 Å². The van der Waals surface area contributed by atoms with Crippen molar-refractivity contribution in [3.8, 4) is 0 Å². The predicted molar refractivity (Wildman–Crippen MR) is 62.2 cm³/mol. The molecule has 1 aromatic rings. The molecule has 7 heteroatoms. The van der Waals surface area contributed by atoms with E-state index in [0.717, 1.165) is 0 Å². The Hall–Kier alpha value is -0.920. The molecular weight excluding hydrogens is 228 g/mol. The number of nitrogens with two attached hydrogens (primary N) is 1. The maximum Gasteiger partial charge on any atom is 0.154 e. The van der Waals surface area contributed by atoms with E-state index in [0.29, 0.717) is 5.82 Å². The molecule has 3 N–H and O–H groups in total. The number of nitrogens with zero attached hydrogens (tertiary/aromatic N) is 2. The van der Waals surface area contributed by atoms with Crippen LogP contribution in [0.4, 0.5) is 0 Å². The van der Waals surface area contributed by atoms with Gasteiger partial charge in [-0.1, -0.05) is 0 Å². The van der Waals surface area contributed by atoms with Crippen molar-refractivity contribution in [1.29, 1.82) is 0 Å². The molecule has 0 aliphatic rings. The fraction of sp³-hybridized carbons (Fsp3) is 0.667. The number of sulfone groups is 1. The zero-order chi connectivity index (χ0) is 12.6. The highest BCUT2D eigenvalue weighted by Crippen LogP contribution is 2.30. The number of nitrogens with one attached hydrogen (secondary N) is 1. The first kappa shape index (κ1) is 13.1. The fourth-order valence-corrected chi connectivity index (χ4v) is 2.06. The van der Waals surface area contributed by atoms with Crippen LogP contribution in [0.5, 0.6) is 0 Å². The highest BCUT2D eigenvalue weighted by Gasteiger charge is 2.41. The highest BCUT2D eigenvalue weighted by molar-refractivity contribution is 7.92. The van der Waals surface area contributed by atoms with Crippen molar-refractivity contribution in [2.24, 2.45) is 12.9 Å². The molecule has 1 rings (SSSR count). The molecule has 0 aliphatic heterocycles. The molecule has 0 saturated carbocycles. The van der Waals surface area contributed by atoms with Gasteiger partial charge in [0.15, 0.2) is 9.84 Å².